The number of esters is 1. The van der Waals surface area contributed by atoms with Gasteiger partial charge in [0.25, 0.3) is 0 Å². The molecule has 1 N–H and O–H groups in total. The van der Waals surface area contributed by atoms with Crippen molar-refractivity contribution in [2.24, 2.45) is 0 Å². The first-order chi connectivity index (χ1) is 5.99. The normalized spacial score (nSPS) is 9.00. The highest BCUT2D eigenvalue weighted by Gasteiger charge is 2.09. The molecule has 4 nitrogen and oxygen atoms in total. The van der Waals surface area contributed by atoms with Gasteiger partial charge in [0.2, 0.25) is 0 Å². The second-order valence-electron chi connectivity index (χ2n) is 2.44. The van der Waals surface area contributed by atoms with Crippen molar-refractivity contribution < 1.29 is 19.4 Å². The smallest absolute Gasteiger partial charge is 0.334 e. The molecule has 0 saturated carbocycles. The van der Waals surface area contributed by atoms with Gasteiger partial charge in [0.1, 0.15) is 6.61 Å². The average molecular weight is 184 g/mol. The molecule has 0 spiro atoms. The molecule has 0 aromatic rings. The highest BCUT2D eigenvalue weighted by atomic mass is 16.5. The summed E-state index contributed by atoms with van der Waals surface area (Å²) in [5.41, 5.74) is 0.162. The van der Waals surface area contributed by atoms with Crippen LogP contribution in [0.15, 0.2) is 24.3 Å². The second-order valence-corrected chi connectivity index (χ2v) is 2.44. The van der Waals surface area contributed by atoms with E-state index in [1.807, 2.05) is 0 Å². The van der Waals surface area contributed by atoms with Gasteiger partial charge in [0.15, 0.2) is 0 Å². The minimum atomic E-state index is -1.17. The van der Waals surface area contributed by atoms with Crippen molar-refractivity contribution in [2.75, 3.05) is 6.61 Å². The maximum absolute atomic E-state index is 10.9. The molecule has 0 aliphatic heterocycles. The number of carboxylic acids is 1. The Kier molecular flexibility index (Phi) is 4.51. The monoisotopic (exact) mass is 184 g/mol. The van der Waals surface area contributed by atoms with Crippen molar-refractivity contribution in [2.45, 2.75) is 13.3 Å². The van der Waals surface area contributed by atoms with Crippen LogP contribution in [0.4, 0.5) is 0 Å². The Bertz CT molecular complexity index is 252. The van der Waals surface area contributed by atoms with Crippen LogP contribution in [0.3, 0.4) is 0 Å². The summed E-state index contributed by atoms with van der Waals surface area (Å²) in [4.78, 5) is 21.2. The quantitative estimate of drug-likeness (QED) is 0.514. The molecule has 0 aromatic carbocycles. The molecule has 0 aliphatic carbocycles. The molecule has 0 fully saturated rings. The maximum atomic E-state index is 10.9. The van der Waals surface area contributed by atoms with Crippen LogP contribution in [-0.2, 0) is 14.3 Å². The van der Waals surface area contributed by atoms with Gasteiger partial charge >= 0.3 is 11.9 Å². The van der Waals surface area contributed by atoms with Gasteiger partial charge in [-0.1, -0.05) is 20.1 Å². The Balaban J connectivity index is 3.90. The summed E-state index contributed by atoms with van der Waals surface area (Å²) in [6, 6.07) is 0. The zero-order valence-corrected chi connectivity index (χ0v) is 7.50. The van der Waals surface area contributed by atoms with Crippen LogP contribution >= 0.6 is 0 Å². The molecule has 0 rings (SSSR count). The zero-order chi connectivity index (χ0) is 10.4. The fourth-order valence-corrected chi connectivity index (χ4v) is 0.461. The van der Waals surface area contributed by atoms with E-state index in [1.54, 1.807) is 6.92 Å². The molecule has 0 atom stereocenters. The molecule has 72 valence electrons. The summed E-state index contributed by atoms with van der Waals surface area (Å²) in [6.45, 7) is 8.11. The number of hydrogen-bond donors (Lipinski definition) is 1. The number of ether oxygens (including phenoxy) is 1. The lowest BCUT2D eigenvalue weighted by molar-refractivity contribution is -0.139. The van der Waals surface area contributed by atoms with Gasteiger partial charge in [0.05, 0.1) is 5.57 Å². The lowest BCUT2D eigenvalue weighted by Gasteiger charge is -2.04. The number of carbonyl (C=O) groups excluding carboxylic acids is 1. The van der Waals surface area contributed by atoms with Crippen LogP contribution in [0.5, 0.6) is 0 Å². The Morgan fingerprint density at radius 3 is 2.23 bits per heavy atom. The largest absolute Gasteiger partial charge is 0.478 e. The summed E-state index contributed by atoms with van der Waals surface area (Å²) in [7, 11) is 0. The van der Waals surface area contributed by atoms with Crippen LogP contribution < -0.4 is 0 Å². The van der Waals surface area contributed by atoms with Gasteiger partial charge in [-0.3, -0.25) is 0 Å². The molecule has 0 unspecified atom stereocenters. The topological polar surface area (TPSA) is 63.6 Å². The molecule has 0 aliphatic rings. The summed E-state index contributed by atoms with van der Waals surface area (Å²) in [5, 5.41) is 8.38. The van der Waals surface area contributed by atoms with Crippen molar-refractivity contribution in [3.8, 4) is 0 Å². The van der Waals surface area contributed by atoms with E-state index in [2.05, 4.69) is 17.9 Å². The van der Waals surface area contributed by atoms with Crippen LogP contribution in [0.2, 0.25) is 0 Å². The summed E-state index contributed by atoms with van der Waals surface area (Å²) < 4.78 is 4.60. The standard InChI is InChI=1S/C9H12O4/c1-4-6(2)9(12)13-5-7(3)8(10)11/h2-5H2,1H3,(H,10,11). The molecule has 0 heterocycles. The molecule has 0 aromatic heterocycles. The van der Waals surface area contributed by atoms with Crippen LogP contribution in [0, 0.1) is 0 Å². The first-order valence-corrected chi connectivity index (χ1v) is 3.75. The molecular weight excluding hydrogens is 172 g/mol. The zero-order valence-electron chi connectivity index (χ0n) is 7.50. The van der Waals surface area contributed by atoms with E-state index in [-0.39, 0.29) is 12.2 Å². The van der Waals surface area contributed by atoms with Crippen molar-refractivity contribution in [3.05, 3.63) is 24.3 Å². The third-order valence-electron chi connectivity index (χ3n) is 1.40. The summed E-state index contributed by atoms with van der Waals surface area (Å²) >= 11 is 0. The molecule has 0 bridgehead atoms. The van der Waals surface area contributed by atoms with E-state index in [0.29, 0.717) is 12.0 Å². The van der Waals surface area contributed by atoms with Crippen LogP contribution in [0.25, 0.3) is 0 Å². The van der Waals surface area contributed by atoms with E-state index < -0.39 is 11.9 Å². The van der Waals surface area contributed by atoms with Crippen molar-refractivity contribution >= 4 is 11.9 Å². The van der Waals surface area contributed by atoms with Crippen molar-refractivity contribution in [1.29, 1.82) is 0 Å². The molecule has 0 saturated heterocycles. The van der Waals surface area contributed by atoms with Gasteiger partial charge < -0.3 is 9.84 Å². The highest BCUT2D eigenvalue weighted by Crippen LogP contribution is 2.01. The molecule has 0 radical (unpaired) electrons. The lowest BCUT2D eigenvalue weighted by atomic mass is 10.2. The Morgan fingerprint density at radius 1 is 1.31 bits per heavy atom. The van der Waals surface area contributed by atoms with Gasteiger partial charge in [-0.2, -0.15) is 0 Å². The molecular formula is C9H12O4. The Labute approximate surface area is 76.5 Å². The Hall–Kier alpha value is -1.58. The van der Waals surface area contributed by atoms with E-state index in [4.69, 9.17) is 5.11 Å². The van der Waals surface area contributed by atoms with Crippen molar-refractivity contribution in [1.82, 2.24) is 0 Å². The average Bonchev–Trinajstić information content (AvgIpc) is 2.11. The third-order valence-corrected chi connectivity index (χ3v) is 1.40. The van der Waals surface area contributed by atoms with E-state index >= 15 is 0 Å². The van der Waals surface area contributed by atoms with Gasteiger partial charge in [0, 0.05) is 5.57 Å². The third kappa shape index (κ3) is 4.10. The minimum absolute atomic E-state index is 0.155. The predicted molar refractivity (Wildman–Crippen MR) is 47.2 cm³/mol. The molecule has 4 heteroatoms. The number of hydrogen-bond acceptors (Lipinski definition) is 3. The second kappa shape index (κ2) is 5.13. The summed E-state index contributed by atoms with van der Waals surface area (Å²) in [5.74, 6) is -1.75. The van der Waals surface area contributed by atoms with Crippen molar-refractivity contribution in [3.63, 3.8) is 0 Å². The fraction of sp³-hybridized carbons (Fsp3) is 0.333. The maximum Gasteiger partial charge on any atom is 0.334 e. The number of aliphatic carboxylic acids is 1. The van der Waals surface area contributed by atoms with Gasteiger partial charge in [-0.25, -0.2) is 9.59 Å². The first kappa shape index (κ1) is 11.4. The lowest BCUT2D eigenvalue weighted by Crippen LogP contribution is -2.12. The van der Waals surface area contributed by atoms with E-state index in [1.165, 1.54) is 0 Å². The SMILES string of the molecule is C=C(COC(=O)C(=C)CC)C(=O)O. The summed E-state index contributed by atoms with van der Waals surface area (Å²) in [6.07, 6.45) is 0.485. The molecule has 0 amide bonds. The van der Waals surface area contributed by atoms with E-state index in [0.717, 1.165) is 0 Å². The van der Waals surface area contributed by atoms with Crippen LogP contribution in [-0.4, -0.2) is 23.7 Å². The number of carboxylic acid groups (broad SMARTS) is 1. The highest BCUT2D eigenvalue weighted by molar-refractivity contribution is 5.89. The first-order valence-electron chi connectivity index (χ1n) is 3.75. The minimum Gasteiger partial charge on any atom is -0.478 e. The number of carbonyl (C=O) groups is 2. The Morgan fingerprint density at radius 2 is 1.85 bits per heavy atom. The number of rotatable bonds is 5. The fourth-order valence-electron chi connectivity index (χ4n) is 0.461. The van der Waals surface area contributed by atoms with E-state index in [9.17, 15) is 9.59 Å². The predicted octanol–water partition coefficient (Wildman–Crippen LogP) is 1.14. The molecule has 13 heavy (non-hydrogen) atoms. The van der Waals surface area contributed by atoms with Crippen LogP contribution in [0.1, 0.15) is 13.3 Å². The van der Waals surface area contributed by atoms with Gasteiger partial charge in [-0.15, -0.1) is 0 Å². The van der Waals surface area contributed by atoms with Gasteiger partial charge in [-0.05, 0) is 6.42 Å².